The van der Waals surface area contributed by atoms with Crippen LogP contribution in [0.2, 0.25) is 0 Å². The quantitative estimate of drug-likeness (QED) is 0.805. The third-order valence-corrected chi connectivity index (χ3v) is 3.71. The Labute approximate surface area is 117 Å². The molecule has 0 saturated heterocycles. The largest absolute Gasteiger partial charge is 0.300 e. The molecule has 0 bridgehead atoms. The fraction of sp³-hybridized carbons (Fsp3) is 0. The van der Waals surface area contributed by atoms with Crippen LogP contribution >= 0.6 is 0 Å². The zero-order valence-electron chi connectivity index (χ0n) is 10.8. The lowest BCUT2D eigenvalue weighted by atomic mass is 9.95. The van der Waals surface area contributed by atoms with Gasteiger partial charge in [0.05, 0.1) is 11.4 Å². The molecule has 20 heavy (non-hydrogen) atoms. The van der Waals surface area contributed by atoms with E-state index in [1.54, 1.807) is 12.3 Å². The first-order chi connectivity index (χ1) is 9.86. The molecule has 2 aliphatic rings. The molecule has 2 heteroatoms. The number of aliphatic imine (C=N–C) groups is 1. The molecule has 0 spiro atoms. The van der Waals surface area contributed by atoms with Crippen molar-refractivity contribution in [3.8, 4) is 0 Å². The van der Waals surface area contributed by atoms with Gasteiger partial charge in [0.25, 0.3) is 0 Å². The SMILES string of the molecule is N=C1C=CN=C2C1=C(c1ccccc1)c1ccccc12. The minimum absolute atomic E-state index is 0.532. The van der Waals surface area contributed by atoms with E-state index in [-0.39, 0.29) is 0 Å². The van der Waals surface area contributed by atoms with Crippen LogP contribution in [0.5, 0.6) is 0 Å². The molecule has 1 N–H and O–H groups in total. The molecule has 0 saturated carbocycles. The highest BCUT2D eigenvalue weighted by Crippen LogP contribution is 2.39. The van der Waals surface area contributed by atoms with E-state index in [0.29, 0.717) is 5.71 Å². The van der Waals surface area contributed by atoms with Crippen LogP contribution < -0.4 is 0 Å². The fourth-order valence-corrected chi connectivity index (χ4v) is 2.87. The van der Waals surface area contributed by atoms with Gasteiger partial charge in [0.1, 0.15) is 0 Å². The first kappa shape index (κ1) is 11.1. The van der Waals surface area contributed by atoms with E-state index in [4.69, 9.17) is 5.41 Å². The van der Waals surface area contributed by atoms with Crippen molar-refractivity contribution in [3.05, 3.63) is 89.1 Å². The van der Waals surface area contributed by atoms with E-state index in [2.05, 4.69) is 29.3 Å². The fourth-order valence-electron chi connectivity index (χ4n) is 2.87. The molecule has 1 aliphatic heterocycles. The van der Waals surface area contributed by atoms with Gasteiger partial charge in [0, 0.05) is 22.9 Å². The molecule has 0 aromatic heterocycles. The van der Waals surface area contributed by atoms with Gasteiger partial charge >= 0.3 is 0 Å². The third kappa shape index (κ3) is 1.45. The average molecular weight is 256 g/mol. The zero-order chi connectivity index (χ0) is 13.5. The summed E-state index contributed by atoms with van der Waals surface area (Å²) in [6.07, 6.45) is 3.47. The molecule has 0 amide bonds. The number of fused-ring (bicyclic) bond motifs is 3. The molecule has 2 aromatic rings. The van der Waals surface area contributed by atoms with Crippen molar-refractivity contribution in [2.75, 3.05) is 0 Å². The van der Waals surface area contributed by atoms with Crippen LogP contribution in [0.1, 0.15) is 16.7 Å². The highest BCUT2D eigenvalue weighted by Gasteiger charge is 2.30. The maximum absolute atomic E-state index is 8.25. The van der Waals surface area contributed by atoms with Crippen molar-refractivity contribution in [2.24, 2.45) is 4.99 Å². The monoisotopic (exact) mass is 256 g/mol. The number of nitrogens with one attached hydrogen (secondary N) is 1. The standard InChI is InChI=1S/C18H12N2/c19-15-10-11-20-18-14-9-5-4-8-13(14)16(17(15)18)12-6-2-1-3-7-12/h1-11,19H. The minimum Gasteiger partial charge on any atom is -0.300 e. The number of hydrogen-bond donors (Lipinski definition) is 1. The van der Waals surface area contributed by atoms with Gasteiger partial charge in [-0.05, 0) is 17.2 Å². The van der Waals surface area contributed by atoms with E-state index in [1.807, 2.05) is 30.3 Å². The number of rotatable bonds is 1. The maximum atomic E-state index is 8.25. The highest BCUT2D eigenvalue weighted by molar-refractivity contribution is 6.41. The molecular formula is C18H12N2. The molecule has 0 fully saturated rings. The van der Waals surface area contributed by atoms with Crippen LogP contribution in [0.3, 0.4) is 0 Å². The van der Waals surface area contributed by atoms with Gasteiger partial charge in [0.2, 0.25) is 0 Å². The van der Waals surface area contributed by atoms with Crippen molar-refractivity contribution >= 4 is 17.0 Å². The zero-order valence-corrected chi connectivity index (χ0v) is 10.8. The maximum Gasteiger partial charge on any atom is 0.0808 e. The van der Waals surface area contributed by atoms with Gasteiger partial charge in [-0.25, -0.2) is 0 Å². The first-order valence-corrected chi connectivity index (χ1v) is 6.59. The molecule has 0 atom stereocenters. The molecule has 2 nitrogen and oxygen atoms in total. The highest BCUT2D eigenvalue weighted by atomic mass is 14.7. The Morgan fingerprint density at radius 2 is 1.45 bits per heavy atom. The lowest BCUT2D eigenvalue weighted by Crippen LogP contribution is -2.11. The van der Waals surface area contributed by atoms with Gasteiger partial charge in [-0.15, -0.1) is 0 Å². The first-order valence-electron chi connectivity index (χ1n) is 6.59. The average Bonchev–Trinajstić information content (AvgIpc) is 2.84. The van der Waals surface area contributed by atoms with Gasteiger partial charge in [-0.1, -0.05) is 54.6 Å². The molecular weight excluding hydrogens is 244 g/mol. The predicted octanol–water partition coefficient (Wildman–Crippen LogP) is 3.84. The lowest BCUT2D eigenvalue weighted by molar-refractivity contribution is 1.46. The summed E-state index contributed by atoms with van der Waals surface area (Å²) >= 11 is 0. The Balaban J connectivity index is 2.08. The van der Waals surface area contributed by atoms with Gasteiger partial charge in [-0.2, -0.15) is 0 Å². The Kier molecular flexibility index (Phi) is 2.30. The normalized spacial score (nSPS) is 16.0. The van der Waals surface area contributed by atoms with Crippen LogP contribution in [0.4, 0.5) is 0 Å². The molecule has 1 aliphatic carbocycles. The van der Waals surface area contributed by atoms with E-state index < -0.39 is 0 Å². The predicted molar refractivity (Wildman–Crippen MR) is 82.3 cm³/mol. The van der Waals surface area contributed by atoms with Crippen molar-refractivity contribution < 1.29 is 0 Å². The second kappa shape index (κ2) is 4.14. The minimum atomic E-state index is 0.532. The van der Waals surface area contributed by atoms with Crippen LogP contribution in [0, 0.1) is 5.41 Å². The van der Waals surface area contributed by atoms with Crippen molar-refractivity contribution in [2.45, 2.75) is 0 Å². The molecule has 0 unspecified atom stereocenters. The summed E-state index contributed by atoms with van der Waals surface area (Å²) in [5, 5.41) is 8.25. The summed E-state index contributed by atoms with van der Waals surface area (Å²) in [5.41, 5.74) is 6.95. The van der Waals surface area contributed by atoms with Crippen LogP contribution in [-0.2, 0) is 0 Å². The van der Waals surface area contributed by atoms with Crippen LogP contribution in [0.25, 0.3) is 5.57 Å². The number of hydrogen-bond acceptors (Lipinski definition) is 2. The summed E-state index contributed by atoms with van der Waals surface area (Å²) in [6.45, 7) is 0. The summed E-state index contributed by atoms with van der Waals surface area (Å²) in [7, 11) is 0. The molecule has 4 rings (SSSR count). The number of nitrogens with zero attached hydrogens (tertiary/aromatic N) is 1. The van der Waals surface area contributed by atoms with Gasteiger partial charge < -0.3 is 5.41 Å². The van der Waals surface area contributed by atoms with Crippen LogP contribution in [-0.4, -0.2) is 11.4 Å². The molecule has 0 radical (unpaired) electrons. The van der Waals surface area contributed by atoms with Crippen molar-refractivity contribution in [3.63, 3.8) is 0 Å². The van der Waals surface area contributed by atoms with E-state index in [1.165, 1.54) is 5.56 Å². The van der Waals surface area contributed by atoms with Gasteiger partial charge in [-0.3, -0.25) is 4.99 Å². The Bertz CT molecular complexity index is 808. The Morgan fingerprint density at radius 1 is 0.750 bits per heavy atom. The number of allylic oxidation sites excluding steroid dienone is 2. The smallest absolute Gasteiger partial charge is 0.0808 e. The third-order valence-electron chi connectivity index (χ3n) is 3.71. The van der Waals surface area contributed by atoms with E-state index in [0.717, 1.165) is 28.0 Å². The molecule has 2 aromatic carbocycles. The van der Waals surface area contributed by atoms with E-state index >= 15 is 0 Å². The summed E-state index contributed by atoms with van der Waals surface area (Å²) in [6, 6.07) is 18.5. The summed E-state index contributed by atoms with van der Waals surface area (Å²) < 4.78 is 0. The van der Waals surface area contributed by atoms with Crippen LogP contribution in [0.15, 0.2) is 77.4 Å². The second-order valence-corrected chi connectivity index (χ2v) is 4.87. The summed E-state index contributed by atoms with van der Waals surface area (Å²) in [4.78, 5) is 4.50. The molecule has 1 heterocycles. The van der Waals surface area contributed by atoms with Crippen molar-refractivity contribution in [1.82, 2.24) is 0 Å². The van der Waals surface area contributed by atoms with Crippen molar-refractivity contribution in [1.29, 1.82) is 5.41 Å². The van der Waals surface area contributed by atoms with Gasteiger partial charge in [0.15, 0.2) is 0 Å². The second-order valence-electron chi connectivity index (χ2n) is 4.87. The Hall–Kier alpha value is -2.74. The molecule has 94 valence electrons. The summed E-state index contributed by atoms with van der Waals surface area (Å²) in [5.74, 6) is 0. The lowest BCUT2D eigenvalue weighted by Gasteiger charge is -2.10. The Morgan fingerprint density at radius 3 is 2.25 bits per heavy atom. The topological polar surface area (TPSA) is 36.2 Å². The van der Waals surface area contributed by atoms with E-state index in [9.17, 15) is 0 Å². The number of benzene rings is 2.